The number of nitrogens with zero attached hydrogens (tertiary/aromatic N) is 3. The molecule has 2 saturated heterocycles. The van der Waals surface area contributed by atoms with Crippen molar-refractivity contribution in [1.82, 2.24) is 10.2 Å². The number of halogens is 1. The van der Waals surface area contributed by atoms with E-state index in [2.05, 4.69) is 60.2 Å². The number of rotatable bonds is 4. The largest absolute Gasteiger partial charge is 0.380 e. The second-order valence-corrected chi connectivity index (χ2v) is 7.29. The van der Waals surface area contributed by atoms with Gasteiger partial charge >= 0.3 is 0 Å². The SMILES string of the molecule is CCNC(=NCC1(C)COC1)N1CCN(c2cccc(C)c2)CC1.I. The standard InChI is InChI=1S/C19H30N4O.HI/c1-4-20-18(21-13-19(3)14-24-15-19)23-10-8-22(9-11-23)17-7-5-6-16(2)12-17;/h5-7,12H,4,8-11,13-15H2,1-3H3,(H,20,21);1H. The highest BCUT2D eigenvalue weighted by Gasteiger charge is 2.33. The van der Waals surface area contributed by atoms with Crippen LogP contribution in [0.5, 0.6) is 0 Å². The molecule has 1 N–H and O–H groups in total. The molecule has 0 aromatic heterocycles. The van der Waals surface area contributed by atoms with E-state index in [0.717, 1.165) is 58.4 Å². The number of hydrogen-bond acceptors (Lipinski definition) is 3. The van der Waals surface area contributed by atoms with Gasteiger partial charge in [-0.1, -0.05) is 19.1 Å². The van der Waals surface area contributed by atoms with Gasteiger partial charge in [0.05, 0.1) is 19.8 Å². The highest BCUT2D eigenvalue weighted by atomic mass is 127. The predicted octanol–water partition coefficient (Wildman–Crippen LogP) is 2.74. The van der Waals surface area contributed by atoms with Crippen molar-refractivity contribution in [1.29, 1.82) is 0 Å². The molecule has 0 atom stereocenters. The minimum absolute atomic E-state index is 0. The molecule has 0 radical (unpaired) electrons. The highest BCUT2D eigenvalue weighted by molar-refractivity contribution is 14.0. The summed E-state index contributed by atoms with van der Waals surface area (Å²) in [5.74, 6) is 1.05. The average Bonchev–Trinajstić information content (AvgIpc) is 2.57. The molecule has 2 aliphatic rings. The molecule has 140 valence electrons. The number of piperazine rings is 1. The average molecular weight is 458 g/mol. The van der Waals surface area contributed by atoms with E-state index in [1.54, 1.807) is 0 Å². The fourth-order valence-electron chi connectivity index (χ4n) is 3.23. The second-order valence-electron chi connectivity index (χ2n) is 7.29. The summed E-state index contributed by atoms with van der Waals surface area (Å²) in [6.45, 7) is 14.0. The van der Waals surface area contributed by atoms with Crippen molar-refractivity contribution < 1.29 is 4.74 Å². The van der Waals surface area contributed by atoms with Crippen LogP contribution in [0.15, 0.2) is 29.3 Å². The minimum Gasteiger partial charge on any atom is -0.380 e. The monoisotopic (exact) mass is 458 g/mol. The fraction of sp³-hybridized carbons (Fsp3) is 0.632. The third-order valence-electron chi connectivity index (χ3n) is 4.79. The van der Waals surface area contributed by atoms with E-state index < -0.39 is 0 Å². The van der Waals surface area contributed by atoms with Crippen LogP contribution in [0.2, 0.25) is 0 Å². The van der Waals surface area contributed by atoms with Crippen molar-refractivity contribution in [2.45, 2.75) is 20.8 Å². The maximum atomic E-state index is 5.34. The predicted molar refractivity (Wildman–Crippen MR) is 115 cm³/mol. The van der Waals surface area contributed by atoms with Crippen LogP contribution in [0.4, 0.5) is 5.69 Å². The van der Waals surface area contributed by atoms with Crippen molar-refractivity contribution in [2.75, 3.05) is 57.4 Å². The lowest BCUT2D eigenvalue weighted by Crippen LogP contribution is -2.53. The van der Waals surface area contributed by atoms with Gasteiger partial charge in [0, 0.05) is 43.8 Å². The number of hydrogen-bond donors (Lipinski definition) is 1. The number of nitrogens with one attached hydrogen (secondary N) is 1. The number of ether oxygens (including phenoxy) is 1. The Morgan fingerprint density at radius 1 is 1.24 bits per heavy atom. The van der Waals surface area contributed by atoms with Gasteiger partial charge in [0.2, 0.25) is 0 Å². The zero-order chi connectivity index (χ0) is 17.0. The molecule has 1 aromatic carbocycles. The van der Waals surface area contributed by atoms with Crippen LogP contribution in [0.1, 0.15) is 19.4 Å². The lowest BCUT2D eigenvalue weighted by atomic mass is 9.89. The van der Waals surface area contributed by atoms with Gasteiger partial charge in [-0.2, -0.15) is 0 Å². The molecule has 2 heterocycles. The lowest BCUT2D eigenvalue weighted by Gasteiger charge is -2.39. The van der Waals surface area contributed by atoms with Gasteiger partial charge in [-0.15, -0.1) is 24.0 Å². The normalized spacial score (nSPS) is 19.9. The van der Waals surface area contributed by atoms with Gasteiger partial charge in [-0.25, -0.2) is 0 Å². The number of aryl methyl sites for hydroxylation is 1. The summed E-state index contributed by atoms with van der Waals surface area (Å²) in [4.78, 5) is 9.73. The fourth-order valence-corrected chi connectivity index (χ4v) is 3.23. The maximum Gasteiger partial charge on any atom is 0.194 e. The number of anilines is 1. The van der Waals surface area contributed by atoms with E-state index in [4.69, 9.17) is 9.73 Å². The quantitative estimate of drug-likeness (QED) is 0.428. The molecule has 0 spiro atoms. The Hall–Kier alpha value is -1.02. The first-order valence-corrected chi connectivity index (χ1v) is 9.02. The molecule has 0 unspecified atom stereocenters. The number of benzene rings is 1. The molecular weight excluding hydrogens is 427 g/mol. The van der Waals surface area contributed by atoms with Crippen LogP contribution >= 0.6 is 24.0 Å². The molecule has 0 aliphatic carbocycles. The Labute approximate surface area is 168 Å². The Morgan fingerprint density at radius 2 is 1.96 bits per heavy atom. The van der Waals surface area contributed by atoms with E-state index in [0.29, 0.717) is 0 Å². The number of aliphatic imine (C=N–C) groups is 1. The first-order chi connectivity index (χ1) is 11.6. The summed E-state index contributed by atoms with van der Waals surface area (Å²) in [5.41, 5.74) is 2.88. The van der Waals surface area contributed by atoms with E-state index in [1.165, 1.54) is 11.3 Å². The Bertz CT molecular complexity index is 581. The van der Waals surface area contributed by atoms with Crippen molar-refractivity contribution >= 4 is 35.6 Å². The van der Waals surface area contributed by atoms with Gasteiger partial charge in [-0.05, 0) is 31.5 Å². The summed E-state index contributed by atoms with van der Waals surface area (Å²) in [6, 6.07) is 8.77. The van der Waals surface area contributed by atoms with Gasteiger partial charge in [-0.3, -0.25) is 4.99 Å². The molecule has 6 heteroatoms. The Morgan fingerprint density at radius 3 is 2.52 bits per heavy atom. The maximum absolute atomic E-state index is 5.34. The van der Waals surface area contributed by atoms with Crippen LogP contribution in [-0.2, 0) is 4.74 Å². The van der Waals surface area contributed by atoms with Gasteiger partial charge in [0.25, 0.3) is 0 Å². The van der Waals surface area contributed by atoms with Crippen molar-refractivity contribution in [3.05, 3.63) is 29.8 Å². The zero-order valence-electron chi connectivity index (χ0n) is 15.6. The summed E-state index contributed by atoms with van der Waals surface area (Å²) in [7, 11) is 0. The Kier molecular flexibility index (Phi) is 7.37. The molecule has 3 rings (SSSR count). The first kappa shape index (κ1) is 20.3. The molecule has 0 amide bonds. The zero-order valence-corrected chi connectivity index (χ0v) is 18.0. The van der Waals surface area contributed by atoms with Crippen molar-refractivity contribution in [3.63, 3.8) is 0 Å². The van der Waals surface area contributed by atoms with E-state index >= 15 is 0 Å². The summed E-state index contributed by atoms with van der Waals surface area (Å²) < 4.78 is 5.34. The van der Waals surface area contributed by atoms with E-state index in [9.17, 15) is 0 Å². The van der Waals surface area contributed by atoms with Gasteiger partial charge in [0.15, 0.2) is 5.96 Å². The third kappa shape index (κ3) is 5.23. The summed E-state index contributed by atoms with van der Waals surface area (Å²) in [5, 5.41) is 3.45. The molecular formula is C19H31IN4O. The van der Waals surface area contributed by atoms with Crippen LogP contribution in [0.25, 0.3) is 0 Å². The molecule has 0 saturated carbocycles. The van der Waals surface area contributed by atoms with Crippen LogP contribution in [0, 0.1) is 12.3 Å². The third-order valence-corrected chi connectivity index (χ3v) is 4.79. The molecule has 2 fully saturated rings. The van der Waals surface area contributed by atoms with Gasteiger partial charge < -0.3 is 19.9 Å². The lowest BCUT2D eigenvalue weighted by molar-refractivity contribution is -0.0946. The van der Waals surface area contributed by atoms with Crippen molar-refractivity contribution in [3.8, 4) is 0 Å². The molecule has 25 heavy (non-hydrogen) atoms. The minimum atomic E-state index is 0. The van der Waals surface area contributed by atoms with Crippen LogP contribution < -0.4 is 10.2 Å². The van der Waals surface area contributed by atoms with Crippen molar-refractivity contribution in [2.24, 2.45) is 10.4 Å². The first-order valence-electron chi connectivity index (χ1n) is 9.02. The van der Waals surface area contributed by atoms with E-state index in [-0.39, 0.29) is 29.4 Å². The Balaban J connectivity index is 0.00000225. The molecule has 2 aliphatic heterocycles. The van der Waals surface area contributed by atoms with Gasteiger partial charge in [0.1, 0.15) is 0 Å². The summed E-state index contributed by atoms with van der Waals surface area (Å²) >= 11 is 0. The van der Waals surface area contributed by atoms with Crippen LogP contribution in [-0.4, -0.2) is 63.3 Å². The molecule has 1 aromatic rings. The molecule has 5 nitrogen and oxygen atoms in total. The summed E-state index contributed by atoms with van der Waals surface area (Å²) in [6.07, 6.45) is 0. The van der Waals surface area contributed by atoms with E-state index in [1.807, 2.05) is 0 Å². The van der Waals surface area contributed by atoms with Crippen LogP contribution in [0.3, 0.4) is 0 Å². The second kappa shape index (κ2) is 9.07. The number of guanidine groups is 1. The smallest absolute Gasteiger partial charge is 0.194 e. The molecule has 0 bridgehead atoms. The highest BCUT2D eigenvalue weighted by Crippen LogP contribution is 2.26. The topological polar surface area (TPSA) is 40.1 Å².